The van der Waals surface area contributed by atoms with Gasteiger partial charge in [-0.3, -0.25) is 4.79 Å². The molecule has 1 aliphatic heterocycles. The highest BCUT2D eigenvalue weighted by Gasteiger charge is 2.28. The van der Waals surface area contributed by atoms with Gasteiger partial charge in [-0.2, -0.15) is 0 Å². The maximum absolute atomic E-state index is 12.4. The first kappa shape index (κ1) is 18.3. The summed E-state index contributed by atoms with van der Waals surface area (Å²) in [5.41, 5.74) is 7.38. The number of rotatable bonds is 4. The van der Waals surface area contributed by atoms with E-state index in [-0.39, 0.29) is 29.6 Å². The summed E-state index contributed by atoms with van der Waals surface area (Å²) in [6.45, 7) is 5.38. The third-order valence-corrected chi connectivity index (χ3v) is 4.39. The summed E-state index contributed by atoms with van der Waals surface area (Å²) in [7, 11) is 0. The third-order valence-electron chi connectivity index (χ3n) is 4.10. The van der Waals surface area contributed by atoms with Crippen molar-refractivity contribution in [3.05, 3.63) is 16.5 Å². The van der Waals surface area contributed by atoms with Gasteiger partial charge in [-0.25, -0.2) is 0 Å². The fourth-order valence-corrected chi connectivity index (χ4v) is 3.08. The van der Waals surface area contributed by atoms with Crippen LogP contribution in [0.15, 0.2) is 4.52 Å². The standard InChI is InChI=1S/C14H22ClN3O2.ClH/c1-9-5-6-18(11(7-9)8-16)13(19)4-3-12-10(2)17-20-14(12)15;/h9,11H,3-8,16H2,1-2H3;1H. The molecule has 2 unspecified atom stereocenters. The number of amides is 1. The van der Waals surface area contributed by atoms with Crippen molar-refractivity contribution >= 4 is 29.9 Å². The van der Waals surface area contributed by atoms with E-state index in [4.69, 9.17) is 21.9 Å². The van der Waals surface area contributed by atoms with Crippen LogP contribution in [0.1, 0.15) is 37.4 Å². The molecule has 1 amide bonds. The topological polar surface area (TPSA) is 72.4 Å². The SMILES string of the molecule is Cc1noc(Cl)c1CCC(=O)N1CCC(C)CC1CN.Cl. The molecule has 0 aromatic carbocycles. The average Bonchev–Trinajstić information content (AvgIpc) is 2.75. The van der Waals surface area contributed by atoms with Gasteiger partial charge < -0.3 is 15.2 Å². The fourth-order valence-electron chi connectivity index (χ4n) is 2.82. The minimum Gasteiger partial charge on any atom is -0.344 e. The normalized spacial score (nSPS) is 22.0. The molecule has 21 heavy (non-hydrogen) atoms. The first-order chi connectivity index (χ1) is 9.52. The van der Waals surface area contributed by atoms with Crippen LogP contribution in [-0.2, 0) is 11.2 Å². The first-order valence-corrected chi connectivity index (χ1v) is 7.51. The maximum atomic E-state index is 12.4. The number of carbonyl (C=O) groups is 1. The lowest BCUT2D eigenvalue weighted by Crippen LogP contribution is -2.49. The second-order valence-corrected chi connectivity index (χ2v) is 5.97. The van der Waals surface area contributed by atoms with Crippen molar-refractivity contribution in [3.63, 3.8) is 0 Å². The molecule has 1 saturated heterocycles. The van der Waals surface area contributed by atoms with E-state index in [1.165, 1.54) is 0 Å². The molecule has 0 spiro atoms. The van der Waals surface area contributed by atoms with Gasteiger partial charge in [-0.05, 0) is 43.7 Å². The molecule has 0 saturated carbocycles. The summed E-state index contributed by atoms with van der Waals surface area (Å²) >= 11 is 5.92. The average molecular weight is 336 g/mol. The minimum atomic E-state index is 0. The van der Waals surface area contributed by atoms with E-state index >= 15 is 0 Å². The second-order valence-electron chi connectivity index (χ2n) is 5.63. The Bertz CT molecular complexity index is 459. The van der Waals surface area contributed by atoms with Gasteiger partial charge in [0, 0.05) is 31.1 Å². The van der Waals surface area contributed by atoms with E-state index < -0.39 is 0 Å². The molecular weight excluding hydrogens is 313 g/mol. The van der Waals surface area contributed by atoms with Crippen molar-refractivity contribution in [2.24, 2.45) is 11.7 Å². The van der Waals surface area contributed by atoms with Gasteiger partial charge in [0.1, 0.15) is 0 Å². The van der Waals surface area contributed by atoms with E-state index in [1.807, 2.05) is 11.8 Å². The maximum Gasteiger partial charge on any atom is 0.229 e. The van der Waals surface area contributed by atoms with Crippen molar-refractivity contribution < 1.29 is 9.32 Å². The number of likely N-dealkylation sites (tertiary alicyclic amines) is 1. The Balaban J connectivity index is 0.00000220. The summed E-state index contributed by atoms with van der Waals surface area (Å²) in [6, 6.07) is 0.172. The van der Waals surface area contributed by atoms with Crippen LogP contribution >= 0.6 is 24.0 Å². The lowest BCUT2D eigenvalue weighted by atomic mass is 9.92. The number of carbonyl (C=O) groups excluding carboxylic acids is 1. The van der Waals surface area contributed by atoms with Gasteiger partial charge >= 0.3 is 0 Å². The Morgan fingerprint density at radius 2 is 2.29 bits per heavy atom. The van der Waals surface area contributed by atoms with Crippen LogP contribution in [0.3, 0.4) is 0 Å². The molecule has 0 radical (unpaired) electrons. The van der Waals surface area contributed by atoms with Crippen molar-refractivity contribution in [3.8, 4) is 0 Å². The van der Waals surface area contributed by atoms with Crippen molar-refractivity contribution in [2.75, 3.05) is 13.1 Å². The van der Waals surface area contributed by atoms with Gasteiger partial charge in [0.05, 0.1) is 5.69 Å². The molecule has 1 fully saturated rings. The number of aromatic nitrogens is 1. The van der Waals surface area contributed by atoms with Crippen molar-refractivity contribution in [1.82, 2.24) is 10.1 Å². The van der Waals surface area contributed by atoms with Crippen LogP contribution in [-0.4, -0.2) is 35.1 Å². The molecule has 2 rings (SSSR count). The zero-order valence-electron chi connectivity index (χ0n) is 12.5. The van der Waals surface area contributed by atoms with Crippen LogP contribution in [0.5, 0.6) is 0 Å². The number of piperidine rings is 1. The Morgan fingerprint density at radius 1 is 1.57 bits per heavy atom. The van der Waals surface area contributed by atoms with Gasteiger partial charge in [-0.1, -0.05) is 12.1 Å². The first-order valence-electron chi connectivity index (χ1n) is 7.13. The number of nitrogens with zero attached hydrogens (tertiary/aromatic N) is 2. The van der Waals surface area contributed by atoms with Crippen LogP contribution in [0.4, 0.5) is 0 Å². The molecule has 5 nitrogen and oxygen atoms in total. The Hall–Kier alpha value is -0.780. The molecule has 120 valence electrons. The van der Waals surface area contributed by atoms with E-state index in [0.717, 1.165) is 30.6 Å². The zero-order valence-corrected chi connectivity index (χ0v) is 14.0. The number of nitrogens with two attached hydrogens (primary N) is 1. The predicted molar refractivity (Wildman–Crippen MR) is 84.8 cm³/mol. The second kappa shape index (κ2) is 8.01. The van der Waals surface area contributed by atoms with E-state index in [1.54, 1.807) is 0 Å². The fraction of sp³-hybridized carbons (Fsp3) is 0.714. The van der Waals surface area contributed by atoms with Crippen molar-refractivity contribution in [2.45, 2.75) is 45.6 Å². The monoisotopic (exact) mass is 335 g/mol. The lowest BCUT2D eigenvalue weighted by Gasteiger charge is -2.38. The third kappa shape index (κ3) is 4.34. The van der Waals surface area contributed by atoms with Gasteiger partial charge in [0.2, 0.25) is 11.1 Å². The highest BCUT2D eigenvalue weighted by molar-refractivity contribution is 6.29. The molecule has 2 heterocycles. The molecule has 1 aromatic rings. The molecule has 0 bridgehead atoms. The van der Waals surface area contributed by atoms with Crippen molar-refractivity contribution in [1.29, 1.82) is 0 Å². The Kier molecular flexibility index (Phi) is 6.97. The van der Waals surface area contributed by atoms with Crippen LogP contribution in [0.2, 0.25) is 5.22 Å². The van der Waals surface area contributed by atoms with E-state index in [0.29, 0.717) is 25.3 Å². The van der Waals surface area contributed by atoms with E-state index in [9.17, 15) is 4.79 Å². The predicted octanol–water partition coefficient (Wildman–Crippen LogP) is 2.58. The summed E-state index contributed by atoms with van der Waals surface area (Å²) in [5, 5.41) is 4.09. The molecule has 7 heteroatoms. The Morgan fingerprint density at radius 3 is 2.86 bits per heavy atom. The van der Waals surface area contributed by atoms with Crippen LogP contribution in [0.25, 0.3) is 0 Å². The van der Waals surface area contributed by atoms with Gasteiger partial charge in [0.15, 0.2) is 0 Å². The number of hydrogen-bond acceptors (Lipinski definition) is 4. The lowest BCUT2D eigenvalue weighted by molar-refractivity contribution is -0.135. The van der Waals surface area contributed by atoms with Crippen LogP contribution in [0, 0.1) is 12.8 Å². The number of aryl methyl sites for hydroxylation is 1. The molecule has 1 aliphatic rings. The summed E-state index contributed by atoms with van der Waals surface area (Å²) in [5.74, 6) is 0.784. The molecular formula is C14H23Cl2N3O2. The Labute approximate surface area is 136 Å². The molecule has 0 aliphatic carbocycles. The molecule has 2 atom stereocenters. The minimum absolute atomic E-state index is 0. The summed E-state index contributed by atoms with van der Waals surface area (Å²) < 4.78 is 4.90. The summed E-state index contributed by atoms with van der Waals surface area (Å²) in [6.07, 6.45) is 3.04. The smallest absolute Gasteiger partial charge is 0.229 e. The zero-order chi connectivity index (χ0) is 14.7. The van der Waals surface area contributed by atoms with Gasteiger partial charge in [0.25, 0.3) is 0 Å². The summed E-state index contributed by atoms with van der Waals surface area (Å²) in [4.78, 5) is 14.3. The highest BCUT2D eigenvalue weighted by Crippen LogP contribution is 2.24. The van der Waals surface area contributed by atoms with Gasteiger partial charge in [-0.15, -0.1) is 12.4 Å². The largest absolute Gasteiger partial charge is 0.344 e. The number of halogens is 2. The quantitative estimate of drug-likeness (QED) is 0.917. The molecule has 1 aromatic heterocycles. The number of hydrogen-bond donors (Lipinski definition) is 1. The highest BCUT2D eigenvalue weighted by atomic mass is 35.5. The molecule has 2 N–H and O–H groups in total. The van der Waals surface area contributed by atoms with E-state index in [2.05, 4.69) is 12.1 Å². The van der Waals surface area contributed by atoms with Crippen LogP contribution < -0.4 is 5.73 Å².